The van der Waals surface area contributed by atoms with E-state index >= 15 is 0 Å². The first-order valence-corrected chi connectivity index (χ1v) is 11.0. The van der Waals surface area contributed by atoms with E-state index in [1.54, 1.807) is 0 Å². The standard InChI is InChI=1S/C25H26N4O6/c1-14(34-3)22(24(31)32)27-23(30)20-12-21(28-29(20)2)26-25(33)35-13-19-17-10-6-4-8-15(17)16-9-5-7-11-18(16)19/h4-12,14,19,22H,13H2,1-3H3,(H,27,30)(H,31,32)(H,26,28,33). The van der Waals surface area contributed by atoms with E-state index in [-0.39, 0.29) is 24.0 Å². The molecule has 2 amide bonds. The van der Waals surface area contributed by atoms with Crippen molar-refractivity contribution in [3.8, 4) is 11.1 Å². The highest BCUT2D eigenvalue weighted by Crippen LogP contribution is 2.44. The maximum Gasteiger partial charge on any atom is 0.412 e. The molecular weight excluding hydrogens is 452 g/mol. The Balaban J connectivity index is 1.41. The maximum absolute atomic E-state index is 12.6. The van der Waals surface area contributed by atoms with Crippen molar-refractivity contribution in [3.63, 3.8) is 0 Å². The van der Waals surface area contributed by atoms with E-state index in [9.17, 15) is 19.5 Å². The number of rotatable bonds is 8. The number of ether oxygens (including phenoxy) is 2. The van der Waals surface area contributed by atoms with Crippen LogP contribution in [0.4, 0.5) is 10.6 Å². The second kappa shape index (κ2) is 9.98. The Labute approximate surface area is 201 Å². The van der Waals surface area contributed by atoms with Gasteiger partial charge in [0, 0.05) is 26.1 Å². The number of aromatic nitrogens is 2. The molecule has 0 radical (unpaired) electrons. The molecule has 10 nitrogen and oxygen atoms in total. The number of hydrogen-bond donors (Lipinski definition) is 3. The zero-order valence-electron chi connectivity index (χ0n) is 19.5. The summed E-state index contributed by atoms with van der Waals surface area (Å²) in [4.78, 5) is 36.5. The molecular formula is C25H26N4O6. The quantitative estimate of drug-likeness (QED) is 0.453. The first-order valence-electron chi connectivity index (χ1n) is 11.0. The number of carbonyl (C=O) groups is 3. The molecule has 0 aliphatic heterocycles. The molecule has 3 aromatic rings. The lowest BCUT2D eigenvalue weighted by Gasteiger charge is -2.19. The molecule has 1 heterocycles. The molecule has 0 saturated carbocycles. The summed E-state index contributed by atoms with van der Waals surface area (Å²) in [6, 6.07) is 16.1. The van der Waals surface area contributed by atoms with Gasteiger partial charge >= 0.3 is 12.1 Å². The third-order valence-electron chi connectivity index (χ3n) is 6.08. The first kappa shape index (κ1) is 24.0. The minimum absolute atomic E-state index is 0.0634. The fraction of sp³-hybridized carbons (Fsp3) is 0.280. The van der Waals surface area contributed by atoms with Crippen molar-refractivity contribution in [2.45, 2.75) is 25.0 Å². The molecule has 0 bridgehead atoms. The topological polar surface area (TPSA) is 132 Å². The third kappa shape index (κ3) is 4.87. The predicted molar refractivity (Wildman–Crippen MR) is 127 cm³/mol. The van der Waals surface area contributed by atoms with E-state index in [1.165, 1.54) is 31.8 Å². The molecule has 2 unspecified atom stereocenters. The molecule has 1 aliphatic rings. The fourth-order valence-corrected chi connectivity index (χ4v) is 4.21. The molecule has 3 N–H and O–H groups in total. The lowest BCUT2D eigenvalue weighted by Crippen LogP contribution is -2.48. The van der Waals surface area contributed by atoms with Crippen LogP contribution in [0, 0.1) is 0 Å². The first-order chi connectivity index (χ1) is 16.8. The summed E-state index contributed by atoms with van der Waals surface area (Å²) in [7, 11) is 2.86. The summed E-state index contributed by atoms with van der Waals surface area (Å²) >= 11 is 0. The Morgan fingerprint density at radius 3 is 2.26 bits per heavy atom. The molecule has 10 heteroatoms. The Morgan fingerprint density at radius 1 is 1.09 bits per heavy atom. The third-order valence-corrected chi connectivity index (χ3v) is 6.08. The minimum Gasteiger partial charge on any atom is -0.480 e. The van der Waals surface area contributed by atoms with Crippen LogP contribution in [0.3, 0.4) is 0 Å². The predicted octanol–water partition coefficient (Wildman–Crippen LogP) is 3.00. The lowest BCUT2D eigenvalue weighted by atomic mass is 9.98. The van der Waals surface area contributed by atoms with Gasteiger partial charge in [0.25, 0.3) is 5.91 Å². The Kier molecular flexibility index (Phi) is 6.83. The van der Waals surface area contributed by atoms with Gasteiger partial charge in [0.05, 0.1) is 6.10 Å². The summed E-state index contributed by atoms with van der Waals surface area (Å²) in [5.74, 6) is -1.89. The number of anilines is 1. The number of carboxylic acid groups (broad SMARTS) is 1. The number of aryl methyl sites for hydroxylation is 1. The van der Waals surface area contributed by atoms with Crippen LogP contribution in [0.5, 0.6) is 0 Å². The lowest BCUT2D eigenvalue weighted by molar-refractivity contribution is -0.142. The van der Waals surface area contributed by atoms with Crippen LogP contribution < -0.4 is 10.6 Å². The van der Waals surface area contributed by atoms with Crippen molar-refractivity contribution in [2.24, 2.45) is 7.05 Å². The van der Waals surface area contributed by atoms with Crippen molar-refractivity contribution < 1.29 is 29.0 Å². The number of fused-ring (bicyclic) bond motifs is 3. The molecule has 1 aromatic heterocycles. The summed E-state index contributed by atoms with van der Waals surface area (Å²) in [6.45, 7) is 1.67. The van der Waals surface area contributed by atoms with Gasteiger partial charge in [-0.25, -0.2) is 9.59 Å². The molecule has 4 rings (SSSR count). The number of nitrogens with zero attached hydrogens (tertiary/aromatic N) is 2. The van der Waals surface area contributed by atoms with Crippen LogP contribution in [-0.4, -0.2) is 58.7 Å². The van der Waals surface area contributed by atoms with Crippen LogP contribution in [0.1, 0.15) is 34.5 Å². The molecule has 2 aromatic carbocycles. The number of carbonyl (C=O) groups excluding carboxylic acids is 2. The molecule has 0 spiro atoms. The number of amides is 2. The number of hydrogen-bond acceptors (Lipinski definition) is 6. The number of aliphatic carboxylic acids is 1. The fourth-order valence-electron chi connectivity index (χ4n) is 4.21. The highest BCUT2D eigenvalue weighted by atomic mass is 16.5. The largest absolute Gasteiger partial charge is 0.480 e. The van der Waals surface area contributed by atoms with E-state index in [2.05, 4.69) is 27.9 Å². The van der Waals surface area contributed by atoms with Crippen LogP contribution >= 0.6 is 0 Å². The average molecular weight is 479 g/mol. The number of carboxylic acids is 1. The van der Waals surface area contributed by atoms with Crippen molar-refractivity contribution in [1.82, 2.24) is 15.1 Å². The number of nitrogens with one attached hydrogen (secondary N) is 2. The monoisotopic (exact) mass is 478 g/mol. The van der Waals surface area contributed by atoms with Gasteiger partial charge in [-0.3, -0.25) is 14.8 Å². The van der Waals surface area contributed by atoms with Gasteiger partial charge in [-0.2, -0.15) is 5.10 Å². The molecule has 35 heavy (non-hydrogen) atoms. The summed E-state index contributed by atoms with van der Waals surface area (Å²) in [5.41, 5.74) is 4.50. The summed E-state index contributed by atoms with van der Waals surface area (Å²) in [5, 5.41) is 18.4. The van der Waals surface area contributed by atoms with Gasteiger partial charge in [-0.15, -0.1) is 0 Å². The SMILES string of the molecule is COC(C)C(NC(=O)c1cc(NC(=O)OCC2c3ccccc3-c3ccccc32)nn1C)C(=O)O. The molecule has 0 fully saturated rings. The second-order valence-corrected chi connectivity index (χ2v) is 8.22. The summed E-state index contributed by atoms with van der Waals surface area (Å²) in [6.07, 6.45) is -1.46. The Hall–Kier alpha value is -4.18. The Morgan fingerprint density at radius 2 is 1.69 bits per heavy atom. The van der Waals surface area contributed by atoms with Gasteiger partial charge in [0.2, 0.25) is 0 Å². The normalized spacial score (nSPS) is 13.9. The number of benzene rings is 2. The zero-order chi connectivity index (χ0) is 25.1. The van der Waals surface area contributed by atoms with E-state index < -0.39 is 30.1 Å². The highest BCUT2D eigenvalue weighted by molar-refractivity contribution is 5.96. The van der Waals surface area contributed by atoms with Crippen molar-refractivity contribution in [3.05, 3.63) is 71.4 Å². The van der Waals surface area contributed by atoms with Crippen LogP contribution in [0.2, 0.25) is 0 Å². The van der Waals surface area contributed by atoms with Gasteiger partial charge < -0.3 is 19.9 Å². The molecule has 1 aliphatic carbocycles. The van der Waals surface area contributed by atoms with Crippen LogP contribution in [0.25, 0.3) is 11.1 Å². The average Bonchev–Trinajstić information content (AvgIpc) is 3.37. The molecule has 2 atom stereocenters. The number of methoxy groups -OCH3 is 1. The van der Waals surface area contributed by atoms with Gasteiger partial charge in [0.1, 0.15) is 12.3 Å². The maximum atomic E-state index is 12.6. The van der Waals surface area contributed by atoms with Crippen molar-refractivity contribution >= 4 is 23.8 Å². The van der Waals surface area contributed by atoms with E-state index in [0.29, 0.717) is 0 Å². The highest BCUT2D eigenvalue weighted by Gasteiger charge is 2.30. The molecule has 0 saturated heterocycles. The zero-order valence-corrected chi connectivity index (χ0v) is 19.5. The second-order valence-electron chi connectivity index (χ2n) is 8.22. The van der Waals surface area contributed by atoms with Crippen molar-refractivity contribution in [1.29, 1.82) is 0 Å². The Bertz CT molecular complexity index is 1220. The van der Waals surface area contributed by atoms with Crippen LogP contribution in [-0.2, 0) is 21.3 Å². The van der Waals surface area contributed by atoms with Crippen molar-refractivity contribution in [2.75, 3.05) is 19.0 Å². The van der Waals surface area contributed by atoms with Crippen LogP contribution in [0.15, 0.2) is 54.6 Å². The van der Waals surface area contributed by atoms with Gasteiger partial charge in [-0.05, 0) is 29.2 Å². The van der Waals surface area contributed by atoms with Gasteiger partial charge in [-0.1, -0.05) is 48.5 Å². The van der Waals surface area contributed by atoms with E-state index in [1.807, 2.05) is 36.4 Å². The smallest absolute Gasteiger partial charge is 0.412 e. The minimum atomic E-state index is -1.25. The van der Waals surface area contributed by atoms with E-state index in [0.717, 1.165) is 22.3 Å². The molecule has 182 valence electrons. The van der Waals surface area contributed by atoms with E-state index in [4.69, 9.17) is 9.47 Å². The summed E-state index contributed by atoms with van der Waals surface area (Å²) < 4.78 is 11.8. The van der Waals surface area contributed by atoms with Gasteiger partial charge in [0.15, 0.2) is 11.9 Å².